The third kappa shape index (κ3) is 2.41. The molecule has 2 rings (SSSR count). The first-order valence-electron chi connectivity index (χ1n) is 5.04. The minimum absolute atomic E-state index is 0.186. The molecule has 0 unspecified atom stereocenters. The van der Waals surface area contributed by atoms with Crippen LogP contribution in [0.15, 0.2) is 22.7 Å². The molecule has 0 saturated carbocycles. The Bertz CT molecular complexity index is 512. The van der Waals surface area contributed by atoms with Crippen LogP contribution in [-0.4, -0.2) is 21.5 Å². The van der Waals surface area contributed by atoms with Gasteiger partial charge < -0.3 is 5.11 Å². The van der Waals surface area contributed by atoms with E-state index in [4.69, 9.17) is 5.11 Å². The third-order valence-corrected chi connectivity index (χ3v) is 3.75. The summed E-state index contributed by atoms with van der Waals surface area (Å²) in [7, 11) is 0. The molecule has 0 spiro atoms. The first-order valence-corrected chi connectivity index (χ1v) is 6.91. The molecular formula is C11H12BrIN2O. The van der Waals surface area contributed by atoms with Crippen molar-refractivity contribution >= 4 is 49.4 Å². The van der Waals surface area contributed by atoms with E-state index in [1.807, 2.05) is 17.7 Å². The van der Waals surface area contributed by atoms with Crippen molar-refractivity contribution in [2.75, 3.05) is 6.61 Å². The second-order valence-corrected chi connectivity index (χ2v) is 5.86. The molecule has 0 amide bonds. The van der Waals surface area contributed by atoms with Crippen LogP contribution in [0.25, 0.3) is 10.9 Å². The highest BCUT2D eigenvalue weighted by Gasteiger charge is 2.10. The number of benzene rings is 1. The Balaban J connectivity index is 2.48. The second kappa shape index (κ2) is 5.01. The molecule has 0 bridgehead atoms. The highest BCUT2D eigenvalue weighted by molar-refractivity contribution is 14.1. The maximum Gasteiger partial charge on any atom is 0.131 e. The SMILES string of the molecule is C[C@H](CO)Cn1nc(I)c2ccc(Br)cc21. The number of halogens is 2. The number of aliphatic hydroxyl groups is 1. The van der Waals surface area contributed by atoms with Crippen molar-refractivity contribution in [1.29, 1.82) is 0 Å². The fourth-order valence-electron chi connectivity index (χ4n) is 1.60. The summed E-state index contributed by atoms with van der Waals surface area (Å²) in [6.45, 7) is 2.94. The zero-order valence-electron chi connectivity index (χ0n) is 8.82. The van der Waals surface area contributed by atoms with Crippen molar-refractivity contribution in [3.63, 3.8) is 0 Å². The standard InChI is InChI=1S/C11H12BrIN2O/c1-7(6-16)5-15-10-4-8(12)2-3-9(10)11(13)14-15/h2-4,7,16H,5-6H2,1H3/t7-/m0/s1. The van der Waals surface area contributed by atoms with Crippen LogP contribution in [-0.2, 0) is 6.54 Å². The van der Waals surface area contributed by atoms with Crippen LogP contribution in [0.5, 0.6) is 0 Å². The number of rotatable bonds is 3. The predicted molar refractivity (Wildman–Crippen MR) is 76.4 cm³/mol. The fraction of sp³-hybridized carbons (Fsp3) is 0.364. The van der Waals surface area contributed by atoms with E-state index in [0.29, 0.717) is 0 Å². The molecule has 1 aromatic heterocycles. The van der Waals surface area contributed by atoms with Crippen molar-refractivity contribution in [2.24, 2.45) is 5.92 Å². The molecule has 0 radical (unpaired) electrons. The van der Waals surface area contributed by atoms with Gasteiger partial charge in [0.1, 0.15) is 3.70 Å². The summed E-state index contributed by atoms with van der Waals surface area (Å²) in [6, 6.07) is 6.15. The number of nitrogens with zero attached hydrogens (tertiary/aromatic N) is 2. The average Bonchev–Trinajstić information content (AvgIpc) is 2.55. The molecule has 1 aromatic carbocycles. The summed E-state index contributed by atoms with van der Waals surface area (Å²) in [4.78, 5) is 0. The Kier molecular flexibility index (Phi) is 3.86. The topological polar surface area (TPSA) is 38.0 Å². The molecule has 3 nitrogen and oxygen atoms in total. The molecular weight excluding hydrogens is 383 g/mol. The van der Waals surface area contributed by atoms with E-state index in [0.717, 1.165) is 25.6 Å². The van der Waals surface area contributed by atoms with Gasteiger partial charge in [-0.25, -0.2) is 0 Å². The van der Waals surface area contributed by atoms with Gasteiger partial charge in [0.15, 0.2) is 0 Å². The molecule has 16 heavy (non-hydrogen) atoms. The molecule has 1 atom stereocenters. The molecule has 0 aliphatic heterocycles. The predicted octanol–water partition coefficient (Wildman–Crippen LogP) is 3.03. The van der Waals surface area contributed by atoms with Gasteiger partial charge in [0.25, 0.3) is 0 Å². The second-order valence-electron chi connectivity index (χ2n) is 3.92. The molecule has 5 heteroatoms. The molecule has 0 aliphatic carbocycles. The van der Waals surface area contributed by atoms with Crippen LogP contribution < -0.4 is 0 Å². The summed E-state index contributed by atoms with van der Waals surface area (Å²) in [6.07, 6.45) is 0. The van der Waals surface area contributed by atoms with Crippen molar-refractivity contribution < 1.29 is 5.11 Å². The zero-order chi connectivity index (χ0) is 11.7. The van der Waals surface area contributed by atoms with Gasteiger partial charge >= 0.3 is 0 Å². The fourth-order valence-corrected chi connectivity index (χ4v) is 2.66. The van der Waals surface area contributed by atoms with Crippen LogP contribution in [0.2, 0.25) is 0 Å². The number of aromatic nitrogens is 2. The summed E-state index contributed by atoms with van der Waals surface area (Å²) in [5, 5.41) is 14.7. The molecule has 86 valence electrons. The van der Waals surface area contributed by atoms with Crippen LogP contribution in [0.3, 0.4) is 0 Å². The Labute approximate surface area is 116 Å². The van der Waals surface area contributed by atoms with E-state index in [2.05, 4.69) is 55.8 Å². The molecule has 2 aromatic rings. The van der Waals surface area contributed by atoms with E-state index in [9.17, 15) is 0 Å². The van der Waals surface area contributed by atoms with Gasteiger partial charge in [0.2, 0.25) is 0 Å². The molecule has 0 saturated heterocycles. The van der Waals surface area contributed by atoms with Gasteiger partial charge in [0, 0.05) is 23.0 Å². The van der Waals surface area contributed by atoms with E-state index in [-0.39, 0.29) is 12.5 Å². The number of aliphatic hydroxyl groups excluding tert-OH is 1. The van der Waals surface area contributed by atoms with Crippen molar-refractivity contribution in [3.8, 4) is 0 Å². The molecule has 0 fully saturated rings. The highest BCUT2D eigenvalue weighted by atomic mass is 127. The Morgan fingerprint density at radius 1 is 1.56 bits per heavy atom. The van der Waals surface area contributed by atoms with Gasteiger partial charge in [-0.2, -0.15) is 5.10 Å². The maximum absolute atomic E-state index is 9.08. The van der Waals surface area contributed by atoms with Crippen molar-refractivity contribution in [3.05, 3.63) is 26.4 Å². The maximum atomic E-state index is 9.08. The van der Waals surface area contributed by atoms with Crippen molar-refractivity contribution in [1.82, 2.24) is 9.78 Å². The lowest BCUT2D eigenvalue weighted by molar-refractivity contribution is 0.220. The van der Waals surface area contributed by atoms with E-state index in [1.54, 1.807) is 0 Å². The number of fused-ring (bicyclic) bond motifs is 1. The van der Waals surface area contributed by atoms with E-state index in [1.165, 1.54) is 0 Å². The smallest absolute Gasteiger partial charge is 0.131 e. The van der Waals surface area contributed by atoms with Crippen molar-refractivity contribution in [2.45, 2.75) is 13.5 Å². The summed E-state index contributed by atoms with van der Waals surface area (Å²) < 4.78 is 4.02. The summed E-state index contributed by atoms with van der Waals surface area (Å²) >= 11 is 5.71. The number of hydrogen-bond acceptors (Lipinski definition) is 2. The van der Waals surface area contributed by atoms with Gasteiger partial charge in [-0.05, 0) is 46.7 Å². The minimum Gasteiger partial charge on any atom is -0.396 e. The first-order chi connectivity index (χ1) is 7.61. The van der Waals surface area contributed by atoms with E-state index < -0.39 is 0 Å². The van der Waals surface area contributed by atoms with Gasteiger partial charge in [0.05, 0.1) is 5.52 Å². The lowest BCUT2D eigenvalue weighted by Crippen LogP contribution is -2.12. The monoisotopic (exact) mass is 394 g/mol. The lowest BCUT2D eigenvalue weighted by Gasteiger charge is -2.08. The molecule has 0 aliphatic rings. The lowest BCUT2D eigenvalue weighted by atomic mass is 10.2. The largest absolute Gasteiger partial charge is 0.396 e. The van der Waals surface area contributed by atoms with Crippen LogP contribution in [0.4, 0.5) is 0 Å². The average molecular weight is 395 g/mol. The van der Waals surface area contributed by atoms with Crippen LogP contribution in [0.1, 0.15) is 6.92 Å². The van der Waals surface area contributed by atoms with E-state index >= 15 is 0 Å². The third-order valence-electron chi connectivity index (χ3n) is 2.46. The number of hydrogen-bond donors (Lipinski definition) is 1. The van der Waals surface area contributed by atoms with Crippen LogP contribution >= 0.6 is 38.5 Å². The minimum atomic E-state index is 0.186. The highest BCUT2D eigenvalue weighted by Crippen LogP contribution is 2.24. The van der Waals surface area contributed by atoms with Crippen LogP contribution in [0, 0.1) is 9.62 Å². The normalized spacial score (nSPS) is 13.2. The Morgan fingerprint density at radius 3 is 3.00 bits per heavy atom. The first kappa shape index (κ1) is 12.3. The van der Waals surface area contributed by atoms with Gasteiger partial charge in [-0.3, -0.25) is 4.68 Å². The van der Waals surface area contributed by atoms with Gasteiger partial charge in [-0.1, -0.05) is 22.9 Å². The summed E-state index contributed by atoms with van der Waals surface area (Å²) in [5.41, 5.74) is 1.11. The molecule has 1 N–H and O–H groups in total. The zero-order valence-corrected chi connectivity index (χ0v) is 12.6. The summed E-state index contributed by atoms with van der Waals surface area (Å²) in [5.74, 6) is 0.220. The quantitative estimate of drug-likeness (QED) is 0.812. The van der Waals surface area contributed by atoms with Gasteiger partial charge in [-0.15, -0.1) is 0 Å². The Morgan fingerprint density at radius 2 is 2.31 bits per heavy atom. The molecule has 1 heterocycles. The Hall–Kier alpha value is -0.140.